The first-order valence-corrected chi connectivity index (χ1v) is 10.7. The number of aryl methyl sites for hydroxylation is 3. The van der Waals surface area contributed by atoms with E-state index in [1.807, 2.05) is 45.0 Å². The van der Waals surface area contributed by atoms with Gasteiger partial charge in [-0.05, 0) is 74.9 Å². The minimum absolute atomic E-state index is 0.0659. The van der Waals surface area contributed by atoms with Crippen LogP contribution in [0.2, 0.25) is 0 Å². The highest BCUT2D eigenvalue weighted by Gasteiger charge is 2.30. The Bertz CT molecular complexity index is 1140. The molecule has 2 aromatic heterocycles. The summed E-state index contributed by atoms with van der Waals surface area (Å²) in [5.41, 5.74) is 3.85. The zero-order chi connectivity index (χ0) is 22.2. The number of ether oxygens (including phenoxy) is 2. The van der Waals surface area contributed by atoms with Gasteiger partial charge < -0.3 is 14.8 Å². The summed E-state index contributed by atoms with van der Waals surface area (Å²) in [7, 11) is 0. The lowest BCUT2D eigenvalue weighted by molar-refractivity contribution is -0.0901. The maximum absolute atomic E-state index is 12.8. The minimum atomic E-state index is -0.216. The predicted molar refractivity (Wildman–Crippen MR) is 122 cm³/mol. The van der Waals surface area contributed by atoms with Crippen LogP contribution in [0.5, 0.6) is 5.88 Å². The Labute approximate surface area is 183 Å². The molecule has 1 aliphatic rings. The average Bonchev–Trinajstić information content (AvgIpc) is 2.67. The number of fused-ring (bicyclic) bond motifs is 1. The zero-order valence-electron chi connectivity index (χ0n) is 18.8. The Hall–Kier alpha value is -2.99. The Balaban J connectivity index is 1.60. The maximum Gasteiger partial charge on any atom is 0.274 e. The van der Waals surface area contributed by atoms with Crippen LogP contribution in [0, 0.1) is 20.8 Å². The molecule has 4 rings (SSSR count). The van der Waals surface area contributed by atoms with Crippen molar-refractivity contribution in [2.24, 2.45) is 0 Å². The molecule has 0 radical (unpaired) electrons. The van der Waals surface area contributed by atoms with E-state index in [2.05, 4.69) is 29.1 Å². The number of rotatable bonds is 4. The van der Waals surface area contributed by atoms with Crippen molar-refractivity contribution in [1.82, 2.24) is 9.97 Å². The molecule has 1 fully saturated rings. The number of hydrogen-bond acceptors (Lipinski definition) is 5. The molecule has 0 spiro atoms. The molecule has 0 bridgehead atoms. The second kappa shape index (κ2) is 8.27. The number of benzene rings is 1. The van der Waals surface area contributed by atoms with Crippen LogP contribution >= 0.6 is 0 Å². The molecule has 3 aromatic rings. The van der Waals surface area contributed by atoms with Crippen LogP contribution in [0.15, 0.2) is 36.7 Å². The highest BCUT2D eigenvalue weighted by atomic mass is 16.5. The fourth-order valence-corrected chi connectivity index (χ4v) is 4.23. The smallest absolute Gasteiger partial charge is 0.274 e. The first-order chi connectivity index (χ1) is 14.7. The predicted octanol–water partition coefficient (Wildman–Crippen LogP) is 5.14. The summed E-state index contributed by atoms with van der Waals surface area (Å²) in [4.78, 5) is 21.6. The fraction of sp³-hybridized carbons (Fsp3) is 0.400. The van der Waals surface area contributed by atoms with Gasteiger partial charge in [0, 0.05) is 36.3 Å². The summed E-state index contributed by atoms with van der Waals surface area (Å²) in [6.07, 6.45) is 5.19. The second-order valence-electron chi connectivity index (χ2n) is 8.98. The van der Waals surface area contributed by atoms with E-state index in [0.717, 1.165) is 46.0 Å². The van der Waals surface area contributed by atoms with Crippen LogP contribution in [0.1, 0.15) is 53.9 Å². The van der Waals surface area contributed by atoms with E-state index in [1.54, 1.807) is 12.4 Å². The van der Waals surface area contributed by atoms with Crippen LogP contribution in [0.3, 0.4) is 0 Å². The molecule has 1 unspecified atom stereocenters. The van der Waals surface area contributed by atoms with Gasteiger partial charge in [0.2, 0.25) is 5.88 Å². The van der Waals surface area contributed by atoms with E-state index >= 15 is 0 Å². The Kier molecular flexibility index (Phi) is 5.67. The number of amides is 1. The number of aromatic nitrogens is 2. The molecule has 6 nitrogen and oxygen atoms in total. The Morgan fingerprint density at radius 2 is 1.97 bits per heavy atom. The molecule has 1 atom stereocenters. The van der Waals surface area contributed by atoms with Gasteiger partial charge in [0.1, 0.15) is 11.8 Å². The Morgan fingerprint density at radius 1 is 1.16 bits per heavy atom. The number of carbonyl (C=O) groups is 1. The first kappa shape index (κ1) is 21.2. The van der Waals surface area contributed by atoms with Crippen LogP contribution in [0.25, 0.3) is 10.8 Å². The lowest BCUT2D eigenvalue weighted by atomic mass is 9.96. The van der Waals surface area contributed by atoms with Gasteiger partial charge in [-0.2, -0.15) is 0 Å². The van der Waals surface area contributed by atoms with Crippen LogP contribution < -0.4 is 10.1 Å². The molecule has 1 amide bonds. The van der Waals surface area contributed by atoms with Gasteiger partial charge in [-0.1, -0.05) is 6.07 Å². The molecule has 31 heavy (non-hydrogen) atoms. The molecular weight excluding hydrogens is 390 g/mol. The van der Waals surface area contributed by atoms with Gasteiger partial charge in [0.15, 0.2) is 0 Å². The van der Waals surface area contributed by atoms with Crippen molar-refractivity contribution in [2.75, 3.05) is 11.9 Å². The molecule has 6 heteroatoms. The third-order valence-corrected chi connectivity index (χ3v) is 5.64. The number of nitrogens with one attached hydrogen (secondary N) is 1. The maximum atomic E-state index is 12.8. The summed E-state index contributed by atoms with van der Waals surface area (Å²) < 4.78 is 12.1. The number of anilines is 1. The van der Waals surface area contributed by atoms with Crippen molar-refractivity contribution in [3.05, 3.63) is 59.0 Å². The van der Waals surface area contributed by atoms with Crippen LogP contribution in [-0.2, 0) is 4.74 Å². The van der Waals surface area contributed by atoms with Crippen molar-refractivity contribution < 1.29 is 14.3 Å². The molecular formula is C25H29N3O3. The highest BCUT2D eigenvalue weighted by molar-refractivity contribution is 6.05. The van der Waals surface area contributed by atoms with Gasteiger partial charge in [-0.3, -0.25) is 9.78 Å². The third kappa shape index (κ3) is 4.69. The van der Waals surface area contributed by atoms with Gasteiger partial charge in [-0.15, -0.1) is 0 Å². The molecule has 0 saturated carbocycles. The van der Waals surface area contributed by atoms with E-state index in [1.165, 1.54) is 0 Å². The largest absolute Gasteiger partial charge is 0.474 e. The van der Waals surface area contributed by atoms with Gasteiger partial charge in [0.25, 0.3) is 5.91 Å². The summed E-state index contributed by atoms with van der Waals surface area (Å²) in [5.74, 6) is 0.415. The summed E-state index contributed by atoms with van der Waals surface area (Å²) in [5, 5.41) is 4.92. The van der Waals surface area contributed by atoms with E-state index in [0.29, 0.717) is 18.2 Å². The number of nitrogens with zero attached hydrogens (tertiary/aromatic N) is 2. The van der Waals surface area contributed by atoms with Crippen molar-refractivity contribution in [3.63, 3.8) is 0 Å². The lowest BCUT2D eigenvalue weighted by Crippen LogP contribution is -2.39. The molecule has 1 N–H and O–H groups in total. The monoisotopic (exact) mass is 419 g/mol. The molecule has 3 heterocycles. The van der Waals surface area contributed by atoms with Crippen LogP contribution in [0.4, 0.5) is 5.69 Å². The number of hydrogen-bond donors (Lipinski definition) is 1. The standard InChI is InChI=1S/C25H29N3O3/c1-15-10-17(3)22(27-14-15)23(29)28-19-11-16(2)21-18(12-19)6-8-26-24(21)31-20-7-9-30-25(4,5)13-20/h6,8,10-12,14,20H,7,9,13H2,1-5H3,(H,28,29). The second-order valence-corrected chi connectivity index (χ2v) is 8.98. The molecule has 0 aliphatic carbocycles. The zero-order valence-corrected chi connectivity index (χ0v) is 18.8. The normalized spacial score (nSPS) is 18.0. The van der Waals surface area contributed by atoms with Crippen LogP contribution in [-0.4, -0.2) is 34.2 Å². The van der Waals surface area contributed by atoms with Crippen molar-refractivity contribution >= 4 is 22.4 Å². The van der Waals surface area contributed by atoms with Gasteiger partial charge in [0.05, 0.1) is 12.2 Å². The first-order valence-electron chi connectivity index (χ1n) is 10.7. The third-order valence-electron chi connectivity index (χ3n) is 5.64. The number of carbonyl (C=O) groups excluding carboxylic acids is 1. The summed E-state index contributed by atoms with van der Waals surface area (Å²) in [6, 6.07) is 7.80. The van der Waals surface area contributed by atoms with E-state index in [-0.39, 0.29) is 17.6 Å². The topological polar surface area (TPSA) is 73.3 Å². The van der Waals surface area contributed by atoms with E-state index in [4.69, 9.17) is 9.47 Å². The summed E-state index contributed by atoms with van der Waals surface area (Å²) >= 11 is 0. The molecule has 1 saturated heterocycles. The highest BCUT2D eigenvalue weighted by Crippen LogP contribution is 2.33. The average molecular weight is 420 g/mol. The SMILES string of the molecule is Cc1cnc(C(=O)Nc2cc(C)c3c(OC4CCOC(C)(C)C4)nccc3c2)c(C)c1. The Morgan fingerprint density at radius 3 is 2.71 bits per heavy atom. The minimum Gasteiger partial charge on any atom is -0.474 e. The number of pyridine rings is 2. The molecule has 162 valence electrons. The van der Waals surface area contributed by atoms with E-state index in [9.17, 15) is 4.79 Å². The molecule has 1 aromatic carbocycles. The lowest BCUT2D eigenvalue weighted by Gasteiger charge is -2.35. The van der Waals surface area contributed by atoms with Crippen molar-refractivity contribution in [1.29, 1.82) is 0 Å². The van der Waals surface area contributed by atoms with Crippen molar-refractivity contribution in [2.45, 2.75) is 59.2 Å². The molecule has 1 aliphatic heterocycles. The van der Waals surface area contributed by atoms with Crippen molar-refractivity contribution in [3.8, 4) is 5.88 Å². The van der Waals surface area contributed by atoms with E-state index < -0.39 is 0 Å². The fourth-order valence-electron chi connectivity index (χ4n) is 4.23. The van der Waals surface area contributed by atoms with Gasteiger partial charge in [-0.25, -0.2) is 4.98 Å². The summed E-state index contributed by atoms with van der Waals surface area (Å²) in [6.45, 7) is 10.7. The van der Waals surface area contributed by atoms with Gasteiger partial charge >= 0.3 is 0 Å². The quantitative estimate of drug-likeness (QED) is 0.634.